The lowest BCUT2D eigenvalue weighted by molar-refractivity contribution is 0.331. The van der Waals surface area contributed by atoms with E-state index >= 15 is 0 Å². The molecule has 6 heteroatoms. The van der Waals surface area contributed by atoms with Crippen molar-refractivity contribution in [3.63, 3.8) is 0 Å². The summed E-state index contributed by atoms with van der Waals surface area (Å²) in [4.78, 5) is 2.25. The predicted octanol–water partition coefficient (Wildman–Crippen LogP) is 2.74. The van der Waals surface area contributed by atoms with Crippen molar-refractivity contribution in [2.75, 3.05) is 31.7 Å². The highest BCUT2D eigenvalue weighted by Gasteiger charge is 2.04. The molecule has 0 atom stereocenters. The average molecular weight is 348 g/mol. The molecular weight excluding hydrogens is 324 g/mol. The minimum atomic E-state index is -3.22. The van der Waals surface area contributed by atoms with Crippen molar-refractivity contribution in [3.8, 4) is 5.75 Å². The summed E-state index contributed by atoms with van der Waals surface area (Å²) in [5, 5.41) is 0. The second-order valence-corrected chi connectivity index (χ2v) is 7.66. The monoisotopic (exact) mass is 348 g/mol. The Morgan fingerprint density at radius 2 is 1.58 bits per heavy atom. The number of methoxy groups -OCH3 is 1. The van der Waals surface area contributed by atoms with Gasteiger partial charge in [0.1, 0.15) is 5.75 Å². The summed E-state index contributed by atoms with van der Waals surface area (Å²) in [5.41, 5.74) is 3.01. The van der Waals surface area contributed by atoms with E-state index in [1.165, 1.54) is 11.1 Å². The van der Waals surface area contributed by atoms with Crippen LogP contribution in [0.25, 0.3) is 0 Å². The summed E-state index contributed by atoms with van der Waals surface area (Å²) in [7, 11) is 0.529. The van der Waals surface area contributed by atoms with E-state index in [4.69, 9.17) is 4.74 Å². The smallest absolute Gasteiger partial charge is 0.229 e. The van der Waals surface area contributed by atoms with Crippen LogP contribution in [-0.2, 0) is 23.0 Å². The number of nitrogens with one attached hydrogen (secondary N) is 1. The van der Waals surface area contributed by atoms with Crippen molar-refractivity contribution in [3.05, 3.63) is 59.7 Å². The number of sulfonamides is 1. The molecule has 0 aliphatic rings. The highest BCUT2D eigenvalue weighted by molar-refractivity contribution is 7.92. The van der Waals surface area contributed by atoms with E-state index < -0.39 is 10.0 Å². The fourth-order valence-corrected chi connectivity index (χ4v) is 2.96. The number of nitrogens with zero attached hydrogens (tertiary/aromatic N) is 1. The molecule has 0 aliphatic heterocycles. The van der Waals surface area contributed by atoms with E-state index in [0.717, 1.165) is 31.5 Å². The van der Waals surface area contributed by atoms with Gasteiger partial charge in [-0.05, 0) is 48.9 Å². The molecule has 0 amide bonds. The molecule has 0 saturated heterocycles. The van der Waals surface area contributed by atoms with Gasteiger partial charge in [0.05, 0.1) is 13.4 Å². The van der Waals surface area contributed by atoms with Gasteiger partial charge in [-0.3, -0.25) is 4.72 Å². The predicted molar refractivity (Wildman–Crippen MR) is 97.9 cm³/mol. The molecule has 0 radical (unpaired) electrons. The molecule has 2 rings (SSSR count). The summed E-state index contributed by atoms with van der Waals surface area (Å²) in [6, 6.07) is 15.6. The number of ether oxygens (including phenoxy) is 1. The average Bonchev–Trinajstić information content (AvgIpc) is 2.53. The molecule has 5 nitrogen and oxygen atoms in total. The molecule has 0 bridgehead atoms. The van der Waals surface area contributed by atoms with Crippen LogP contribution in [0.3, 0.4) is 0 Å². The van der Waals surface area contributed by atoms with Crippen molar-refractivity contribution in [2.45, 2.75) is 13.0 Å². The van der Waals surface area contributed by atoms with Crippen LogP contribution in [0.15, 0.2) is 48.5 Å². The number of benzene rings is 2. The molecule has 0 spiro atoms. The summed E-state index contributed by atoms with van der Waals surface area (Å²) in [5.74, 6) is 0.865. The van der Waals surface area contributed by atoms with Crippen molar-refractivity contribution < 1.29 is 13.2 Å². The van der Waals surface area contributed by atoms with Gasteiger partial charge in [0.2, 0.25) is 10.0 Å². The largest absolute Gasteiger partial charge is 0.497 e. The summed E-state index contributed by atoms with van der Waals surface area (Å²) in [6.45, 7) is 1.79. The Balaban J connectivity index is 1.83. The van der Waals surface area contributed by atoms with Crippen LogP contribution in [0.2, 0.25) is 0 Å². The zero-order valence-corrected chi connectivity index (χ0v) is 15.1. The lowest BCUT2D eigenvalue weighted by Crippen LogP contribution is -2.20. The zero-order valence-electron chi connectivity index (χ0n) is 14.3. The maximum atomic E-state index is 11.2. The number of hydrogen-bond donors (Lipinski definition) is 1. The van der Waals surface area contributed by atoms with Crippen LogP contribution >= 0.6 is 0 Å². The first-order valence-electron chi connectivity index (χ1n) is 7.74. The molecule has 0 aliphatic carbocycles. The van der Waals surface area contributed by atoms with E-state index in [1.807, 2.05) is 24.3 Å². The molecule has 24 heavy (non-hydrogen) atoms. The van der Waals surface area contributed by atoms with Crippen LogP contribution in [0, 0.1) is 0 Å². The Bertz CT molecular complexity index is 741. The van der Waals surface area contributed by atoms with Gasteiger partial charge in [0.25, 0.3) is 0 Å². The fourth-order valence-electron chi connectivity index (χ4n) is 2.40. The zero-order chi connectivity index (χ0) is 17.6. The quantitative estimate of drug-likeness (QED) is 0.797. The Hall–Kier alpha value is -2.05. The normalized spacial score (nSPS) is 11.5. The van der Waals surface area contributed by atoms with Gasteiger partial charge >= 0.3 is 0 Å². The molecule has 0 saturated carbocycles. The molecule has 0 unspecified atom stereocenters. The second-order valence-electron chi connectivity index (χ2n) is 5.91. The molecule has 130 valence electrons. The highest BCUT2D eigenvalue weighted by atomic mass is 32.2. The first kappa shape index (κ1) is 18.3. The summed E-state index contributed by atoms with van der Waals surface area (Å²) < 4.78 is 30.0. The van der Waals surface area contributed by atoms with Gasteiger partial charge in [-0.2, -0.15) is 0 Å². The number of rotatable bonds is 8. The Morgan fingerprint density at radius 1 is 1.00 bits per heavy atom. The Morgan fingerprint density at radius 3 is 2.12 bits per heavy atom. The highest BCUT2D eigenvalue weighted by Crippen LogP contribution is 2.14. The van der Waals surface area contributed by atoms with Gasteiger partial charge in [0, 0.05) is 18.8 Å². The summed E-state index contributed by atoms with van der Waals surface area (Å²) >= 11 is 0. The van der Waals surface area contributed by atoms with Crippen molar-refractivity contribution in [2.24, 2.45) is 0 Å². The fraction of sp³-hybridized carbons (Fsp3) is 0.333. The van der Waals surface area contributed by atoms with E-state index in [1.54, 1.807) is 19.2 Å². The number of likely N-dealkylation sites (N-methyl/N-ethyl adjacent to an activating group) is 1. The van der Waals surface area contributed by atoms with Crippen LogP contribution in [0.4, 0.5) is 5.69 Å². The lowest BCUT2D eigenvalue weighted by atomic mass is 10.1. The number of anilines is 1. The van der Waals surface area contributed by atoms with Crippen LogP contribution < -0.4 is 9.46 Å². The molecule has 2 aromatic carbocycles. The standard InChI is InChI=1S/C18H24N2O3S/c1-20(14-16-6-10-18(23-2)11-7-16)13-12-15-4-8-17(9-5-15)19-24(3,21)22/h4-11,19H,12-14H2,1-3H3. The summed E-state index contributed by atoms with van der Waals surface area (Å²) in [6.07, 6.45) is 2.06. The van der Waals surface area contributed by atoms with Crippen LogP contribution in [-0.4, -0.2) is 40.3 Å². The Kier molecular flexibility index (Phi) is 6.23. The SMILES string of the molecule is COc1ccc(CN(C)CCc2ccc(NS(C)(=O)=O)cc2)cc1. The van der Waals surface area contributed by atoms with Crippen LogP contribution in [0.1, 0.15) is 11.1 Å². The van der Waals surface area contributed by atoms with Gasteiger partial charge in [0.15, 0.2) is 0 Å². The molecule has 0 heterocycles. The van der Waals surface area contributed by atoms with Crippen LogP contribution in [0.5, 0.6) is 5.75 Å². The minimum Gasteiger partial charge on any atom is -0.497 e. The maximum absolute atomic E-state index is 11.2. The van der Waals surface area contributed by atoms with E-state index in [0.29, 0.717) is 5.69 Å². The van der Waals surface area contributed by atoms with Crippen molar-refractivity contribution >= 4 is 15.7 Å². The lowest BCUT2D eigenvalue weighted by Gasteiger charge is -2.17. The topological polar surface area (TPSA) is 58.6 Å². The molecule has 0 fully saturated rings. The molecule has 2 aromatic rings. The number of hydrogen-bond acceptors (Lipinski definition) is 4. The Labute approximate surface area is 144 Å². The third kappa shape index (κ3) is 6.22. The minimum absolute atomic E-state index is 0.591. The van der Waals surface area contributed by atoms with Crippen molar-refractivity contribution in [1.82, 2.24) is 4.90 Å². The molecule has 0 aromatic heterocycles. The van der Waals surface area contributed by atoms with Gasteiger partial charge < -0.3 is 9.64 Å². The first-order valence-corrected chi connectivity index (χ1v) is 9.63. The van der Waals surface area contributed by atoms with Gasteiger partial charge in [-0.25, -0.2) is 8.42 Å². The van der Waals surface area contributed by atoms with E-state index in [2.05, 4.69) is 28.8 Å². The first-order chi connectivity index (χ1) is 11.4. The van der Waals surface area contributed by atoms with Gasteiger partial charge in [-0.1, -0.05) is 24.3 Å². The van der Waals surface area contributed by atoms with Gasteiger partial charge in [-0.15, -0.1) is 0 Å². The van der Waals surface area contributed by atoms with E-state index in [-0.39, 0.29) is 0 Å². The third-order valence-electron chi connectivity index (χ3n) is 3.65. The van der Waals surface area contributed by atoms with Crippen molar-refractivity contribution in [1.29, 1.82) is 0 Å². The third-order valence-corrected chi connectivity index (χ3v) is 4.26. The molecular formula is C18H24N2O3S. The second kappa shape index (κ2) is 8.17. The molecule has 1 N–H and O–H groups in total. The maximum Gasteiger partial charge on any atom is 0.229 e. The van der Waals surface area contributed by atoms with E-state index in [9.17, 15) is 8.42 Å².